The van der Waals surface area contributed by atoms with Gasteiger partial charge in [-0.05, 0) is 68.0 Å². The van der Waals surface area contributed by atoms with Crippen LogP contribution in [0.15, 0.2) is 42.7 Å². The van der Waals surface area contributed by atoms with Gasteiger partial charge in [-0.15, -0.1) is 11.3 Å². The Morgan fingerprint density at radius 2 is 2.00 bits per heavy atom. The van der Waals surface area contributed by atoms with Crippen molar-refractivity contribution < 1.29 is 13.9 Å². The third kappa shape index (κ3) is 4.96. The fourth-order valence-electron chi connectivity index (χ4n) is 3.87. The smallest absolute Gasteiger partial charge is 0.211 e. The minimum atomic E-state index is -0.201. The van der Waals surface area contributed by atoms with Gasteiger partial charge in [0.2, 0.25) is 6.41 Å². The van der Waals surface area contributed by atoms with Gasteiger partial charge in [-0.3, -0.25) is 4.79 Å². The number of hydrogen-bond acceptors (Lipinski definition) is 6. The summed E-state index contributed by atoms with van der Waals surface area (Å²) in [7, 11) is 0. The van der Waals surface area contributed by atoms with E-state index in [1.165, 1.54) is 16.8 Å². The highest BCUT2D eigenvalue weighted by molar-refractivity contribution is 7.19. The Morgan fingerprint density at radius 1 is 1.15 bits per heavy atom. The van der Waals surface area contributed by atoms with Crippen molar-refractivity contribution in [3.63, 3.8) is 0 Å². The van der Waals surface area contributed by atoms with Crippen LogP contribution in [0.4, 0.5) is 15.9 Å². The number of carbonyl (C=O) groups excluding carboxylic acids is 1. The Kier molecular flexibility index (Phi) is 6.84. The second kappa shape index (κ2) is 9.95. The summed E-state index contributed by atoms with van der Waals surface area (Å²) in [6.07, 6.45) is 2.90. The number of benzene rings is 2. The maximum Gasteiger partial charge on any atom is 0.211 e. The van der Waals surface area contributed by atoms with E-state index < -0.39 is 0 Å². The number of nitrogens with zero attached hydrogens (tertiary/aromatic N) is 2. The number of rotatable bonds is 9. The second-order valence-corrected chi connectivity index (χ2v) is 8.83. The first-order valence-corrected chi connectivity index (χ1v) is 11.5. The highest BCUT2D eigenvalue weighted by Crippen LogP contribution is 2.34. The Labute approximate surface area is 195 Å². The molecule has 0 spiro atoms. The standard InChI is InChI=1S/C25H25FN4O2S/c1-4-32-23-10-17(5-6-21(23)30-14-31)22-12-24(29-13-28-22)27-8-7-19-16(3)33-25-15(2)9-18(26)11-20(19)25/h5-6,9-14H,4,7-8H2,1-3H3,(H,30,31)(H,27,28,29). The molecule has 170 valence electrons. The summed E-state index contributed by atoms with van der Waals surface area (Å²) in [6.45, 7) is 7.06. The first-order valence-electron chi connectivity index (χ1n) is 10.7. The summed E-state index contributed by atoms with van der Waals surface area (Å²) in [5.41, 5.74) is 4.33. The fraction of sp³-hybridized carbons (Fsp3) is 0.240. The van der Waals surface area contributed by atoms with Crippen LogP contribution in [0.25, 0.3) is 21.3 Å². The van der Waals surface area contributed by atoms with E-state index in [0.29, 0.717) is 36.8 Å². The number of amides is 1. The lowest BCUT2D eigenvalue weighted by Crippen LogP contribution is -2.07. The van der Waals surface area contributed by atoms with Gasteiger partial charge in [0, 0.05) is 27.8 Å². The van der Waals surface area contributed by atoms with E-state index in [9.17, 15) is 9.18 Å². The Hall–Kier alpha value is -3.52. The lowest BCUT2D eigenvalue weighted by molar-refractivity contribution is -0.105. The Bertz CT molecular complexity index is 1310. The summed E-state index contributed by atoms with van der Waals surface area (Å²) < 4.78 is 20.8. The van der Waals surface area contributed by atoms with Crippen LogP contribution in [0.2, 0.25) is 0 Å². The van der Waals surface area contributed by atoms with E-state index in [4.69, 9.17) is 4.74 Å². The molecule has 0 aliphatic carbocycles. The summed E-state index contributed by atoms with van der Waals surface area (Å²) >= 11 is 1.71. The zero-order chi connectivity index (χ0) is 23.4. The molecule has 0 bridgehead atoms. The number of halogens is 1. The van der Waals surface area contributed by atoms with E-state index >= 15 is 0 Å². The zero-order valence-corrected chi connectivity index (χ0v) is 19.6. The molecule has 0 saturated heterocycles. The van der Waals surface area contributed by atoms with E-state index in [0.717, 1.165) is 33.3 Å². The largest absolute Gasteiger partial charge is 0.492 e. The molecule has 2 N–H and O–H groups in total. The molecular formula is C25H25FN4O2S. The lowest BCUT2D eigenvalue weighted by Gasteiger charge is -2.12. The van der Waals surface area contributed by atoms with Gasteiger partial charge in [-0.25, -0.2) is 14.4 Å². The number of anilines is 2. The molecule has 8 heteroatoms. The van der Waals surface area contributed by atoms with Crippen molar-refractivity contribution in [3.8, 4) is 17.0 Å². The van der Waals surface area contributed by atoms with E-state index in [-0.39, 0.29) is 5.82 Å². The number of carbonyl (C=O) groups is 1. The van der Waals surface area contributed by atoms with Gasteiger partial charge in [0.1, 0.15) is 23.7 Å². The molecule has 4 aromatic rings. The minimum absolute atomic E-state index is 0.201. The van der Waals surface area contributed by atoms with Crippen LogP contribution in [0.5, 0.6) is 5.75 Å². The zero-order valence-electron chi connectivity index (χ0n) is 18.7. The summed E-state index contributed by atoms with van der Waals surface area (Å²) in [5.74, 6) is 1.08. The van der Waals surface area contributed by atoms with E-state index in [2.05, 4.69) is 27.5 Å². The average molecular weight is 465 g/mol. The third-order valence-corrected chi connectivity index (χ3v) is 6.68. The van der Waals surface area contributed by atoms with Gasteiger partial charge < -0.3 is 15.4 Å². The van der Waals surface area contributed by atoms with Gasteiger partial charge in [0.05, 0.1) is 18.0 Å². The molecule has 0 aliphatic rings. The van der Waals surface area contributed by atoms with E-state index in [1.54, 1.807) is 29.5 Å². The number of aryl methyl sites for hydroxylation is 2. The summed E-state index contributed by atoms with van der Waals surface area (Å²) in [6, 6.07) is 10.6. The molecule has 2 aromatic heterocycles. The van der Waals surface area contributed by atoms with Crippen LogP contribution < -0.4 is 15.4 Å². The lowest BCUT2D eigenvalue weighted by atomic mass is 10.1. The molecular weight excluding hydrogens is 439 g/mol. The predicted molar refractivity (Wildman–Crippen MR) is 132 cm³/mol. The number of hydrogen-bond donors (Lipinski definition) is 2. The summed E-state index contributed by atoms with van der Waals surface area (Å²) in [4.78, 5) is 20.7. The first-order chi connectivity index (χ1) is 16.0. The van der Waals surface area contributed by atoms with Gasteiger partial charge in [0.15, 0.2) is 0 Å². The fourth-order valence-corrected chi connectivity index (χ4v) is 5.02. The Balaban J connectivity index is 1.51. The SMILES string of the molecule is CCOc1cc(-c2cc(NCCc3c(C)sc4c(C)cc(F)cc34)ncn2)ccc1NC=O. The topological polar surface area (TPSA) is 76.1 Å². The third-order valence-electron chi connectivity index (χ3n) is 5.38. The highest BCUT2D eigenvalue weighted by atomic mass is 32.1. The van der Waals surface area contributed by atoms with Crippen molar-refractivity contribution in [2.75, 3.05) is 23.8 Å². The number of fused-ring (bicyclic) bond motifs is 1. The molecule has 33 heavy (non-hydrogen) atoms. The second-order valence-electron chi connectivity index (χ2n) is 7.61. The van der Waals surface area contributed by atoms with Gasteiger partial charge in [-0.1, -0.05) is 6.07 Å². The van der Waals surface area contributed by atoms with Gasteiger partial charge in [-0.2, -0.15) is 0 Å². The molecule has 0 fully saturated rings. The number of ether oxygens (including phenoxy) is 1. The van der Waals surface area contributed by atoms with Crippen LogP contribution in [-0.2, 0) is 11.2 Å². The molecule has 0 radical (unpaired) electrons. The maximum absolute atomic E-state index is 14.0. The van der Waals surface area contributed by atoms with Crippen LogP contribution in [0, 0.1) is 19.7 Å². The molecule has 6 nitrogen and oxygen atoms in total. The summed E-state index contributed by atoms with van der Waals surface area (Å²) in [5, 5.41) is 6.99. The highest BCUT2D eigenvalue weighted by Gasteiger charge is 2.13. The van der Waals surface area contributed by atoms with Crippen LogP contribution in [0.1, 0.15) is 22.9 Å². The molecule has 2 heterocycles. The van der Waals surface area contributed by atoms with E-state index in [1.807, 2.05) is 32.0 Å². The van der Waals surface area contributed by atoms with Crippen molar-refractivity contribution in [2.24, 2.45) is 0 Å². The minimum Gasteiger partial charge on any atom is -0.492 e. The monoisotopic (exact) mass is 464 g/mol. The van der Waals surface area contributed by atoms with Crippen molar-refractivity contribution in [1.82, 2.24) is 9.97 Å². The maximum atomic E-state index is 14.0. The molecule has 0 aliphatic heterocycles. The van der Waals surface area contributed by atoms with Crippen LogP contribution >= 0.6 is 11.3 Å². The van der Waals surface area contributed by atoms with Crippen molar-refractivity contribution in [1.29, 1.82) is 0 Å². The molecule has 0 saturated carbocycles. The molecule has 0 unspecified atom stereocenters. The first kappa shape index (κ1) is 22.7. The normalized spacial score (nSPS) is 10.9. The number of aromatic nitrogens is 2. The van der Waals surface area contributed by atoms with Crippen molar-refractivity contribution >= 4 is 39.3 Å². The van der Waals surface area contributed by atoms with Crippen LogP contribution in [-0.4, -0.2) is 29.5 Å². The quantitative estimate of drug-likeness (QED) is 0.309. The van der Waals surface area contributed by atoms with Crippen molar-refractivity contribution in [3.05, 3.63) is 64.5 Å². The van der Waals surface area contributed by atoms with Gasteiger partial charge in [0.25, 0.3) is 0 Å². The number of thiophene rings is 1. The molecule has 2 aromatic carbocycles. The van der Waals surface area contributed by atoms with Gasteiger partial charge >= 0.3 is 0 Å². The van der Waals surface area contributed by atoms with Crippen LogP contribution in [0.3, 0.4) is 0 Å². The molecule has 4 rings (SSSR count). The Morgan fingerprint density at radius 3 is 2.79 bits per heavy atom. The predicted octanol–water partition coefficient (Wildman–Crippen LogP) is 5.74. The average Bonchev–Trinajstić information content (AvgIpc) is 3.11. The number of nitrogens with one attached hydrogen (secondary N) is 2. The van der Waals surface area contributed by atoms with Crippen molar-refractivity contribution in [2.45, 2.75) is 27.2 Å². The molecule has 0 atom stereocenters. The molecule has 1 amide bonds.